The average Bonchev–Trinajstić information content (AvgIpc) is 2.46. The van der Waals surface area contributed by atoms with Crippen LogP contribution in [0.25, 0.3) is 6.08 Å². The van der Waals surface area contributed by atoms with E-state index in [0.717, 1.165) is 19.6 Å². The van der Waals surface area contributed by atoms with Crippen molar-refractivity contribution >= 4 is 12.0 Å². The molecule has 0 saturated carbocycles. The van der Waals surface area contributed by atoms with Gasteiger partial charge in [0.1, 0.15) is 5.82 Å². The van der Waals surface area contributed by atoms with E-state index >= 15 is 0 Å². The number of amides is 1. The third kappa shape index (κ3) is 3.07. The zero-order chi connectivity index (χ0) is 13.9. The smallest absolute Gasteiger partial charge is 0.244 e. The predicted molar refractivity (Wildman–Crippen MR) is 76.5 cm³/mol. The molecule has 3 fully saturated rings. The van der Waals surface area contributed by atoms with Gasteiger partial charge in [-0.1, -0.05) is 12.1 Å². The van der Waals surface area contributed by atoms with Crippen LogP contribution in [-0.4, -0.2) is 36.5 Å². The van der Waals surface area contributed by atoms with E-state index in [1.54, 1.807) is 18.2 Å². The zero-order valence-corrected chi connectivity index (χ0v) is 11.4. The van der Waals surface area contributed by atoms with Crippen LogP contribution in [0.4, 0.5) is 4.39 Å². The molecule has 3 aliphatic heterocycles. The van der Waals surface area contributed by atoms with Gasteiger partial charge < -0.3 is 10.2 Å². The summed E-state index contributed by atoms with van der Waals surface area (Å²) in [6.07, 6.45) is 5.50. The lowest BCUT2D eigenvalue weighted by molar-refractivity contribution is -0.118. The van der Waals surface area contributed by atoms with Crippen LogP contribution in [0.15, 0.2) is 30.3 Å². The Labute approximate surface area is 118 Å². The highest BCUT2D eigenvalue weighted by atomic mass is 19.1. The Hall–Kier alpha value is -1.68. The predicted octanol–water partition coefficient (Wildman–Crippen LogP) is 2.05. The van der Waals surface area contributed by atoms with Crippen molar-refractivity contribution in [2.24, 2.45) is 5.92 Å². The van der Waals surface area contributed by atoms with Gasteiger partial charge in [0.2, 0.25) is 5.91 Å². The maximum atomic E-state index is 13.0. The van der Waals surface area contributed by atoms with Crippen LogP contribution >= 0.6 is 0 Å². The van der Waals surface area contributed by atoms with Crippen LogP contribution in [0.5, 0.6) is 0 Å². The number of fused-ring (bicyclic) bond motifs is 3. The molecule has 2 bridgehead atoms. The van der Waals surface area contributed by atoms with Crippen LogP contribution < -0.4 is 5.32 Å². The molecular weight excluding hydrogens is 255 g/mol. The van der Waals surface area contributed by atoms with E-state index in [0.29, 0.717) is 11.5 Å². The molecule has 3 aliphatic rings. The number of carbonyl (C=O) groups is 1. The van der Waals surface area contributed by atoms with Crippen LogP contribution in [0, 0.1) is 11.7 Å². The summed E-state index contributed by atoms with van der Waals surface area (Å²) in [5.41, 5.74) is 0.703. The highest BCUT2D eigenvalue weighted by Gasteiger charge is 2.34. The molecule has 1 N–H and O–H groups in total. The largest absolute Gasteiger partial charge is 0.348 e. The monoisotopic (exact) mass is 274 g/mol. The van der Waals surface area contributed by atoms with Gasteiger partial charge in [-0.15, -0.1) is 0 Å². The second-order valence-corrected chi connectivity index (χ2v) is 5.64. The van der Waals surface area contributed by atoms with Crippen LogP contribution in [0.1, 0.15) is 18.4 Å². The number of nitrogens with zero attached hydrogens (tertiary/aromatic N) is 1. The van der Waals surface area contributed by atoms with E-state index in [9.17, 15) is 9.18 Å². The summed E-state index contributed by atoms with van der Waals surface area (Å²) in [4.78, 5) is 14.3. The molecule has 106 valence electrons. The van der Waals surface area contributed by atoms with Gasteiger partial charge in [-0.3, -0.25) is 4.79 Å². The lowest BCUT2D eigenvalue weighted by Gasteiger charge is -2.44. The zero-order valence-electron chi connectivity index (χ0n) is 11.4. The quantitative estimate of drug-likeness (QED) is 0.856. The second kappa shape index (κ2) is 5.75. The first-order chi connectivity index (χ1) is 9.70. The average molecular weight is 274 g/mol. The molecule has 4 heteroatoms. The molecule has 0 unspecified atom stereocenters. The van der Waals surface area contributed by atoms with Gasteiger partial charge >= 0.3 is 0 Å². The van der Waals surface area contributed by atoms with Crippen molar-refractivity contribution < 1.29 is 9.18 Å². The molecule has 0 spiro atoms. The van der Waals surface area contributed by atoms with E-state index in [4.69, 9.17) is 0 Å². The third-order valence-electron chi connectivity index (χ3n) is 4.26. The van der Waals surface area contributed by atoms with Gasteiger partial charge in [-0.05, 0) is 55.6 Å². The Morgan fingerprint density at radius 3 is 2.80 bits per heavy atom. The number of halogens is 1. The van der Waals surface area contributed by atoms with Gasteiger partial charge in [0, 0.05) is 18.7 Å². The van der Waals surface area contributed by atoms with E-state index < -0.39 is 0 Å². The van der Waals surface area contributed by atoms with Gasteiger partial charge in [0.05, 0.1) is 0 Å². The molecular formula is C16H19FN2O. The molecule has 1 aromatic rings. The number of benzene rings is 1. The minimum atomic E-state index is -0.287. The van der Waals surface area contributed by atoms with Crippen molar-refractivity contribution in [1.29, 1.82) is 0 Å². The minimum Gasteiger partial charge on any atom is -0.348 e. The van der Waals surface area contributed by atoms with Crippen molar-refractivity contribution in [3.05, 3.63) is 41.7 Å². The summed E-state index contributed by atoms with van der Waals surface area (Å²) in [5, 5.41) is 3.07. The molecule has 0 aromatic heterocycles. The number of hydrogen-bond donors (Lipinski definition) is 1. The summed E-state index contributed by atoms with van der Waals surface area (Å²) in [7, 11) is 0. The van der Waals surface area contributed by atoms with Gasteiger partial charge in [0.25, 0.3) is 0 Å². The van der Waals surface area contributed by atoms with E-state index in [1.165, 1.54) is 31.1 Å². The standard InChI is InChI=1S/C16H19FN2O/c17-14-3-1-2-12(10-14)4-5-16(20)18-15-11-19-8-6-13(15)7-9-19/h1-5,10,13,15H,6-9,11H2,(H,18,20)/b5-4+/t15-/m0/s1. The first-order valence-electron chi connectivity index (χ1n) is 7.17. The summed E-state index contributed by atoms with van der Waals surface area (Å²) < 4.78 is 13.0. The van der Waals surface area contributed by atoms with Crippen LogP contribution in [0.2, 0.25) is 0 Å². The highest BCUT2D eigenvalue weighted by molar-refractivity contribution is 5.91. The Balaban J connectivity index is 1.57. The molecule has 0 radical (unpaired) electrons. The van der Waals surface area contributed by atoms with Gasteiger partial charge in [-0.2, -0.15) is 0 Å². The summed E-state index contributed by atoms with van der Waals surface area (Å²) in [5.74, 6) is 0.240. The number of hydrogen-bond acceptors (Lipinski definition) is 2. The number of nitrogens with one attached hydrogen (secondary N) is 1. The van der Waals surface area contributed by atoms with E-state index in [2.05, 4.69) is 10.2 Å². The summed E-state index contributed by atoms with van der Waals surface area (Å²) in [6.45, 7) is 3.29. The number of rotatable bonds is 3. The first kappa shape index (κ1) is 13.3. The lowest BCUT2D eigenvalue weighted by Crippen LogP contribution is -2.57. The van der Waals surface area contributed by atoms with Crippen molar-refractivity contribution in [2.45, 2.75) is 18.9 Å². The molecule has 20 heavy (non-hydrogen) atoms. The minimum absolute atomic E-state index is 0.0898. The maximum Gasteiger partial charge on any atom is 0.244 e. The van der Waals surface area contributed by atoms with Crippen molar-refractivity contribution in [3.63, 3.8) is 0 Å². The first-order valence-corrected chi connectivity index (χ1v) is 7.17. The second-order valence-electron chi connectivity index (χ2n) is 5.64. The van der Waals surface area contributed by atoms with Crippen LogP contribution in [-0.2, 0) is 4.79 Å². The maximum absolute atomic E-state index is 13.0. The third-order valence-corrected chi connectivity index (χ3v) is 4.26. The molecule has 3 nitrogen and oxygen atoms in total. The van der Waals surface area contributed by atoms with E-state index in [-0.39, 0.29) is 17.8 Å². The molecule has 0 aliphatic carbocycles. The molecule has 3 heterocycles. The molecule has 1 aromatic carbocycles. The Morgan fingerprint density at radius 2 is 2.15 bits per heavy atom. The number of carbonyl (C=O) groups excluding carboxylic acids is 1. The van der Waals surface area contributed by atoms with Gasteiger partial charge in [0.15, 0.2) is 0 Å². The summed E-state index contributed by atoms with van der Waals surface area (Å²) >= 11 is 0. The van der Waals surface area contributed by atoms with E-state index in [1.807, 2.05) is 0 Å². The lowest BCUT2D eigenvalue weighted by atomic mass is 9.84. The fraction of sp³-hybridized carbons (Fsp3) is 0.438. The molecule has 4 rings (SSSR count). The van der Waals surface area contributed by atoms with Crippen molar-refractivity contribution in [1.82, 2.24) is 10.2 Å². The molecule has 3 saturated heterocycles. The normalized spacial score (nSPS) is 28.8. The van der Waals surface area contributed by atoms with Crippen LogP contribution in [0.3, 0.4) is 0 Å². The summed E-state index contributed by atoms with van der Waals surface area (Å²) in [6, 6.07) is 6.49. The SMILES string of the molecule is O=C(/C=C/c1cccc(F)c1)N[C@H]1CN2CCC1CC2. The Morgan fingerprint density at radius 1 is 1.35 bits per heavy atom. The fourth-order valence-corrected chi connectivity index (χ4v) is 3.14. The molecule has 1 amide bonds. The van der Waals surface area contributed by atoms with Crippen molar-refractivity contribution in [2.75, 3.05) is 19.6 Å². The fourth-order valence-electron chi connectivity index (χ4n) is 3.14. The topological polar surface area (TPSA) is 32.3 Å². The van der Waals surface area contributed by atoms with Crippen molar-refractivity contribution in [3.8, 4) is 0 Å². The van der Waals surface area contributed by atoms with Gasteiger partial charge in [-0.25, -0.2) is 4.39 Å². The molecule has 1 atom stereocenters. The highest BCUT2D eigenvalue weighted by Crippen LogP contribution is 2.27. The Kier molecular flexibility index (Phi) is 3.83. The number of piperidine rings is 3. The Bertz CT molecular complexity index is 521.